The number of aromatic carboxylic acids is 1. The van der Waals surface area contributed by atoms with Gasteiger partial charge in [-0.2, -0.15) is 0 Å². The van der Waals surface area contributed by atoms with E-state index in [0.717, 1.165) is 0 Å². The predicted molar refractivity (Wildman–Crippen MR) is 127 cm³/mol. The minimum absolute atomic E-state index is 0.138. The van der Waals surface area contributed by atoms with Crippen LogP contribution in [0.1, 0.15) is 42.3 Å². The highest BCUT2D eigenvalue weighted by Gasteiger charge is 2.22. The van der Waals surface area contributed by atoms with Crippen LogP contribution in [-0.2, 0) is 16.1 Å². The van der Waals surface area contributed by atoms with Gasteiger partial charge in [0.2, 0.25) is 5.91 Å². The molecule has 168 valence electrons. The zero-order valence-electron chi connectivity index (χ0n) is 18.4. The van der Waals surface area contributed by atoms with E-state index in [1.54, 1.807) is 57.2 Å². The molecule has 0 aromatic heterocycles. The maximum atomic E-state index is 12.8. The number of nitrogens with zero attached hydrogens (tertiary/aromatic N) is 2. The van der Waals surface area contributed by atoms with Crippen LogP contribution >= 0.6 is 11.6 Å². The number of hydrogen-bond acceptors (Lipinski definition) is 4. The maximum absolute atomic E-state index is 12.8. The molecule has 2 aromatic carbocycles. The monoisotopic (exact) mass is 455 g/mol. The lowest BCUT2D eigenvalue weighted by Gasteiger charge is -2.19. The van der Waals surface area contributed by atoms with Crippen LogP contribution in [0, 0.1) is 5.41 Å². The molecule has 7 nitrogen and oxygen atoms in total. The molecule has 0 bridgehead atoms. The number of rotatable bonds is 7. The van der Waals surface area contributed by atoms with E-state index in [-0.39, 0.29) is 23.9 Å². The molecular weight excluding hydrogens is 430 g/mol. The second-order valence-corrected chi connectivity index (χ2v) is 8.55. The molecule has 0 fully saturated rings. The molecule has 2 N–H and O–H groups in total. The molecule has 0 spiro atoms. The summed E-state index contributed by atoms with van der Waals surface area (Å²) in [5.41, 5.74) is 1.29. The first-order valence-corrected chi connectivity index (χ1v) is 10.2. The molecule has 2 aromatic rings. The molecule has 0 saturated carbocycles. The Morgan fingerprint density at radius 2 is 1.88 bits per heavy atom. The van der Waals surface area contributed by atoms with Gasteiger partial charge in [0, 0.05) is 29.2 Å². The molecule has 0 aliphatic rings. The highest BCUT2D eigenvalue weighted by molar-refractivity contribution is 6.31. The van der Waals surface area contributed by atoms with Gasteiger partial charge in [0.1, 0.15) is 0 Å². The Labute approximate surface area is 192 Å². The number of hydrogen-bond donors (Lipinski definition) is 2. The van der Waals surface area contributed by atoms with Crippen molar-refractivity contribution in [3.05, 3.63) is 70.3 Å². The fourth-order valence-electron chi connectivity index (χ4n) is 2.66. The Morgan fingerprint density at radius 1 is 1.16 bits per heavy atom. The number of aliphatic imine (C=N–C) groups is 1. The van der Waals surface area contributed by atoms with Crippen LogP contribution in [0.4, 0.5) is 5.69 Å². The highest BCUT2D eigenvalue weighted by atomic mass is 35.5. The van der Waals surface area contributed by atoms with Gasteiger partial charge in [0.25, 0.3) is 5.91 Å². The van der Waals surface area contributed by atoms with Crippen LogP contribution in [0.3, 0.4) is 0 Å². The molecule has 2 amide bonds. The number of carboxylic acids is 1. The van der Waals surface area contributed by atoms with E-state index in [0.29, 0.717) is 21.8 Å². The minimum atomic E-state index is -1.04. The van der Waals surface area contributed by atoms with E-state index < -0.39 is 11.4 Å². The topological polar surface area (TPSA) is 99.1 Å². The van der Waals surface area contributed by atoms with E-state index in [2.05, 4.69) is 10.3 Å². The molecule has 8 heteroatoms. The van der Waals surface area contributed by atoms with Crippen molar-refractivity contribution in [3.63, 3.8) is 0 Å². The Kier molecular flexibility index (Phi) is 8.32. The molecule has 0 aliphatic carbocycles. The summed E-state index contributed by atoms with van der Waals surface area (Å²) in [6, 6.07) is 11.4. The van der Waals surface area contributed by atoms with Gasteiger partial charge in [-0.25, -0.2) is 4.79 Å². The van der Waals surface area contributed by atoms with Crippen molar-refractivity contribution in [2.75, 3.05) is 12.4 Å². The number of benzene rings is 2. The third-order valence-electron chi connectivity index (χ3n) is 4.41. The number of carboxylic acid groups (broad SMARTS) is 1. The molecule has 0 saturated heterocycles. The van der Waals surface area contributed by atoms with Gasteiger partial charge in [0.15, 0.2) is 0 Å². The predicted octanol–water partition coefficient (Wildman–Crippen LogP) is 4.72. The van der Waals surface area contributed by atoms with E-state index in [1.807, 2.05) is 0 Å². The smallest absolute Gasteiger partial charge is 0.335 e. The van der Waals surface area contributed by atoms with Crippen molar-refractivity contribution in [2.24, 2.45) is 10.4 Å². The first kappa shape index (κ1) is 24.8. The van der Waals surface area contributed by atoms with Crippen molar-refractivity contribution in [1.82, 2.24) is 4.90 Å². The summed E-state index contributed by atoms with van der Waals surface area (Å²) < 4.78 is 0. The highest BCUT2D eigenvalue weighted by Crippen LogP contribution is 2.25. The standard InChI is InChI=1S/C24H26ClN3O4/c1-24(2,3)23(32)27-20-13-19(25)10-8-17(20)9-11-21(29)28(15-26-4)14-16-6-5-7-18(12-16)22(30)31/h5-13,15H,14H2,1-4H3,(H,27,32)(H,30,31)/b11-9+,26-15-. The largest absolute Gasteiger partial charge is 0.478 e. The van der Waals surface area contributed by atoms with Crippen LogP contribution < -0.4 is 5.32 Å². The lowest BCUT2D eigenvalue weighted by Crippen LogP contribution is -2.28. The zero-order chi connectivity index (χ0) is 23.9. The fraction of sp³-hybridized carbons (Fsp3) is 0.250. The van der Waals surface area contributed by atoms with Gasteiger partial charge >= 0.3 is 5.97 Å². The zero-order valence-corrected chi connectivity index (χ0v) is 19.2. The molecular formula is C24H26ClN3O4. The molecule has 0 aliphatic heterocycles. The molecule has 0 radical (unpaired) electrons. The number of amides is 2. The normalized spacial score (nSPS) is 11.7. The van der Waals surface area contributed by atoms with Gasteiger partial charge in [-0.05, 0) is 41.5 Å². The number of halogens is 1. The molecule has 2 rings (SSSR count). The average Bonchev–Trinajstić information content (AvgIpc) is 2.72. The van der Waals surface area contributed by atoms with E-state index >= 15 is 0 Å². The number of nitrogens with one attached hydrogen (secondary N) is 1. The Balaban J connectivity index is 2.25. The number of carbonyl (C=O) groups excluding carboxylic acids is 2. The van der Waals surface area contributed by atoms with Gasteiger partial charge in [-0.3, -0.25) is 19.5 Å². The van der Waals surface area contributed by atoms with Gasteiger partial charge < -0.3 is 10.4 Å². The Morgan fingerprint density at radius 3 is 2.50 bits per heavy atom. The summed E-state index contributed by atoms with van der Waals surface area (Å²) in [7, 11) is 1.54. The van der Waals surface area contributed by atoms with Crippen molar-refractivity contribution in [1.29, 1.82) is 0 Å². The van der Waals surface area contributed by atoms with Crippen molar-refractivity contribution in [3.8, 4) is 0 Å². The maximum Gasteiger partial charge on any atom is 0.335 e. The van der Waals surface area contributed by atoms with Gasteiger partial charge in [0.05, 0.1) is 18.4 Å². The van der Waals surface area contributed by atoms with Crippen LogP contribution in [-0.4, -0.2) is 41.2 Å². The SMILES string of the molecule is C/N=C\N(Cc1cccc(C(=O)O)c1)C(=O)/C=C/c1ccc(Cl)cc1NC(=O)C(C)(C)C. The summed E-state index contributed by atoms with van der Waals surface area (Å²) >= 11 is 6.08. The molecule has 0 unspecified atom stereocenters. The fourth-order valence-corrected chi connectivity index (χ4v) is 2.84. The third-order valence-corrected chi connectivity index (χ3v) is 4.65. The number of anilines is 1. The minimum Gasteiger partial charge on any atom is -0.478 e. The van der Waals surface area contributed by atoms with Crippen LogP contribution in [0.25, 0.3) is 6.08 Å². The average molecular weight is 456 g/mol. The van der Waals surface area contributed by atoms with Crippen LogP contribution in [0.5, 0.6) is 0 Å². The quantitative estimate of drug-likeness (QED) is 0.358. The third kappa shape index (κ3) is 7.06. The lowest BCUT2D eigenvalue weighted by molar-refractivity contribution is -0.123. The van der Waals surface area contributed by atoms with Gasteiger partial charge in [-0.1, -0.05) is 50.6 Å². The van der Waals surface area contributed by atoms with Crippen molar-refractivity contribution in [2.45, 2.75) is 27.3 Å². The van der Waals surface area contributed by atoms with E-state index in [9.17, 15) is 14.4 Å². The van der Waals surface area contributed by atoms with Crippen LogP contribution in [0.15, 0.2) is 53.5 Å². The van der Waals surface area contributed by atoms with E-state index in [1.165, 1.54) is 36.5 Å². The summed E-state index contributed by atoms with van der Waals surface area (Å²) in [6.07, 6.45) is 4.32. The summed E-state index contributed by atoms with van der Waals surface area (Å²) in [4.78, 5) is 41.7. The lowest BCUT2D eigenvalue weighted by atomic mass is 9.95. The van der Waals surface area contributed by atoms with Crippen molar-refractivity contribution >= 4 is 47.5 Å². The molecule has 0 heterocycles. The first-order chi connectivity index (χ1) is 15.0. The summed E-state index contributed by atoms with van der Waals surface area (Å²) in [6.45, 7) is 5.55. The van der Waals surface area contributed by atoms with Crippen molar-refractivity contribution < 1.29 is 19.5 Å². The second kappa shape index (κ2) is 10.7. The molecule has 32 heavy (non-hydrogen) atoms. The summed E-state index contributed by atoms with van der Waals surface area (Å²) in [5.74, 6) is -1.58. The second-order valence-electron chi connectivity index (χ2n) is 8.11. The molecule has 0 atom stereocenters. The summed E-state index contributed by atoms with van der Waals surface area (Å²) in [5, 5.41) is 12.5. The van der Waals surface area contributed by atoms with E-state index in [4.69, 9.17) is 16.7 Å². The first-order valence-electron chi connectivity index (χ1n) is 9.85. The Hall–Kier alpha value is -3.45. The number of carbonyl (C=O) groups is 3. The Bertz CT molecular complexity index is 1070. The van der Waals surface area contributed by atoms with Gasteiger partial charge in [-0.15, -0.1) is 0 Å². The van der Waals surface area contributed by atoms with Crippen LogP contribution in [0.2, 0.25) is 5.02 Å².